The molecule has 1 heterocycles. The van der Waals surface area contributed by atoms with Gasteiger partial charge >= 0.3 is 0 Å². The summed E-state index contributed by atoms with van der Waals surface area (Å²) in [4.78, 5) is 4.36. The van der Waals surface area contributed by atoms with E-state index in [9.17, 15) is 0 Å². The van der Waals surface area contributed by atoms with Gasteiger partial charge in [0.15, 0.2) is 0 Å². The Balaban J connectivity index is 2.48. The van der Waals surface area contributed by atoms with Crippen molar-refractivity contribution in [3.63, 3.8) is 0 Å². The Kier molecular flexibility index (Phi) is 5.94. The number of aromatic nitrogens is 1. The Morgan fingerprint density at radius 2 is 1.67 bits per heavy atom. The van der Waals surface area contributed by atoms with Gasteiger partial charge in [-0.05, 0) is 43.0 Å². The summed E-state index contributed by atoms with van der Waals surface area (Å²) in [6.45, 7) is 2.99. The van der Waals surface area contributed by atoms with Gasteiger partial charge in [0.1, 0.15) is 0 Å². The van der Waals surface area contributed by atoms with E-state index in [2.05, 4.69) is 48.3 Å². The highest BCUT2D eigenvalue weighted by molar-refractivity contribution is 5.38. The van der Waals surface area contributed by atoms with E-state index in [1.54, 1.807) is 0 Å². The molecule has 0 bridgehead atoms. The zero-order chi connectivity index (χ0) is 15.0. The maximum absolute atomic E-state index is 5.80. The van der Waals surface area contributed by atoms with Crippen LogP contribution in [0.5, 0.6) is 0 Å². The summed E-state index contributed by atoms with van der Waals surface area (Å²) in [5, 5.41) is 0. The topological polar surface area (TPSA) is 38.9 Å². The molecule has 2 nitrogen and oxygen atoms in total. The van der Waals surface area contributed by atoms with Crippen molar-refractivity contribution in [1.82, 2.24) is 4.98 Å². The number of rotatable bonds is 8. The van der Waals surface area contributed by atoms with E-state index in [1.807, 2.05) is 18.5 Å². The Labute approximate surface area is 128 Å². The zero-order valence-electron chi connectivity index (χ0n) is 13.0. The fourth-order valence-electron chi connectivity index (χ4n) is 3.15. The molecular weight excluding hydrogens is 256 g/mol. The summed E-state index contributed by atoms with van der Waals surface area (Å²) < 4.78 is 0. The molecule has 1 atom stereocenters. The first-order valence-electron chi connectivity index (χ1n) is 7.99. The van der Waals surface area contributed by atoms with Crippen molar-refractivity contribution in [2.45, 2.75) is 44.4 Å². The van der Waals surface area contributed by atoms with E-state index >= 15 is 0 Å². The van der Waals surface area contributed by atoms with Gasteiger partial charge in [-0.15, -0.1) is 0 Å². The smallest absolute Gasteiger partial charge is 0.0308 e. The Morgan fingerprint density at radius 3 is 2.29 bits per heavy atom. The Morgan fingerprint density at radius 1 is 0.952 bits per heavy atom. The quantitative estimate of drug-likeness (QED) is 0.784. The predicted molar refractivity (Wildman–Crippen MR) is 89.3 cm³/mol. The van der Waals surface area contributed by atoms with Gasteiger partial charge in [0.25, 0.3) is 0 Å². The van der Waals surface area contributed by atoms with Crippen LogP contribution in [-0.2, 0) is 5.41 Å². The molecule has 0 aliphatic heterocycles. The molecule has 0 radical (unpaired) electrons. The van der Waals surface area contributed by atoms with Gasteiger partial charge in [-0.2, -0.15) is 0 Å². The maximum atomic E-state index is 5.80. The van der Waals surface area contributed by atoms with E-state index in [1.165, 1.54) is 24.0 Å². The second kappa shape index (κ2) is 7.94. The van der Waals surface area contributed by atoms with Gasteiger partial charge in [-0.25, -0.2) is 0 Å². The molecular formula is C19H26N2. The number of hydrogen-bond donors (Lipinski definition) is 1. The lowest BCUT2D eigenvalue weighted by Crippen LogP contribution is -2.29. The average Bonchev–Trinajstić information content (AvgIpc) is 2.57. The number of nitrogens with zero attached hydrogens (tertiary/aromatic N) is 1. The number of nitrogens with two attached hydrogens (primary N) is 1. The van der Waals surface area contributed by atoms with Crippen LogP contribution >= 0.6 is 0 Å². The van der Waals surface area contributed by atoms with Crippen LogP contribution in [0, 0.1) is 0 Å². The van der Waals surface area contributed by atoms with Gasteiger partial charge < -0.3 is 5.73 Å². The van der Waals surface area contributed by atoms with Crippen molar-refractivity contribution in [2.75, 3.05) is 6.54 Å². The third-order valence-corrected chi connectivity index (χ3v) is 4.31. The van der Waals surface area contributed by atoms with Crippen molar-refractivity contribution < 1.29 is 0 Å². The summed E-state index contributed by atoms with van der Waals surface area (Å²) >= 11 is 0. The lowest BCUT2D eigenvalue weighted by atomic mass is 9.68. The monoisotopic (exact) mass is 282 g/mol. The van der Waals surface area contributed by atoms with Crippen LogP contribution in [0.2, 0.25) is 0 Å². The van der Waals surface area contributed by atoms with Gasteiger partial charge in [-0.3, -0.25) is 4.98 Å². The van der Waals surface area contributed by atoms with Crippen molar-refractivity contribution in [3.8, 4) is 0 Å². The third kappa shape index (κ3) is 3.70. The average molecular weight is 282 g/mol. The molecule has 21 heavy (non-hydrogen) atoms. The largest absolute Gasteiger partial charge is 0.330 e. The van der Waals surface area contributed by atoms with Crippen molar-refractivity contribution >= 4 is 0 Å². The first-order valence-corrected chi connectivity index (χ1v) is 7.99. The van der Waals surface area contributed by atoms with Crippen LogP contribution in [0.3, 0.4) is 0 Å². The standard InChI is InChI=1S/C19H26N2/c1-2-3-12-19(13-8-14-20,17-9-5-4-6-10-17)18-11-7-15-21-16-18/h4-7,9-11,15-16H,2-3,8,12-14,20H2,1H3. The minimum Gasteiger partial charge on any atom is -0.330 e. The van der Waals surface area contributed by atoms with Gasteiger partial charge in [-0.1, -0.05) is 56.2 Å². The first kappa shape index (κ1) is 15.7. The summed E-state index contributed by atoms with van der Waals surface area (Å²) in [6, 6.07) is 15.1. The van der Waals surface area contributed by atoms with Crippen molar-refractivity contribution in [1.29, 1.82) is 0 Å². The normalized spacial score (nSPS) is 13.8. The fraction of sp³-hybridized carbons (Fsp3) is 0.421. The van der Waals surface area contributed by atoms with E-state index < -0.39 is 0 Å². The second-order valence-electron chi connectivity index (χ2n) is 5.69. The Bertz CT molecular complexity index is 458. The minimum atomic E-state index is 0.0465. The van der Waals surface area contributed by atoms with E-state index in [-0.39, 0.29) is 5.41 Å². The molecule has 0 saturated heterocycles. The number of pyridine rings is 1. The van der Waals surface area contributed by atoms with Crippen LogP contribution in [0.1, 0.15) is 50.2 Å². The van der Waals surface area contributed by atoms with Crippen molar-refractivity contribution in [3.05, 3.63) is 66.0 Å². The maximum Gasteiger partial charge on any atom is 0.0308 e. The van der Waals surface area contributed by atoms with Crippen LogP contribution in [-0.4, -0.2) is 11.5 Å². The third-order valence-electron chi connectivity index (χ3n) is 4.31. The van der Waals surface area contributed by atoms with E-state index in [0.29, 0.717) is 0 Å². The number of benzene rings is 1. The molecule has 0 spiro atoms. The van der Waals surface area contributed by atoms with Gasteiger partial charge in [0, 0.05) is 17.8 Å². The molecule has 1 aromatic heterocycles. The van der Waals surface area contributed by atoms with Crippen LogP contribution in [0.25, 0.3) is 0 Å². The molecule has 2 heteroatoms. The lowest BCUT2D eigenvalue weighted by molar-refractivity contribution is 0.409. The highest BCUT2D eigenvalue weighted by atomic mass is 14.6. The summed E-state index contributed by atoms with van der Waals surface area (Å²) in [5.41, 5.74) is 8.56. The molecule has 1 unspecified atom stereocenters. The van der Waals surface area contributed by atoms with Gasteiger partial charge in [0.2, 0.25) is 0 Å². The second-order valence-corrected chi connectivity index (χ2v) is 5.69. The molecule has 1 aromatic carbocycles. The molecule has 0 amide bonds. The minimum absolute atomic E-state index is 0.0465. The van der Waals surface area contributed by atoms with E-state index in [0.717, 1.165) is 25.8 Å². The molecule has 0 aliphatic carbocycles. The summed E-state index contributed by atoms with van der Waals surface area (Å²) in [6.07, 6.45) is 9.57. The first-order chi connectivity index (χ1) is 10.3. The molecule has 0 saturated carbocycles. The van der Waals surface area contributed by atoms with Crippen molar-refractivity contribution in [2.24, 2.45) is 5.73 Å². The van der Waals surface area contributed by atoms with Gasteiger partial charge in [0.05, 0.1) is 0 Å². The highest BCUT2D eigenvalue weighted by Crippen LogP contribution is 2.40. The lowest BCUT2D eigenvalue weighted by Gasteiger charge is -2.35. The van der Waals surface area contributed by atoms with Crippen LogP contribution in [0.15, 0.2) is 54.9 Å². The van der Waals surface area contributed by atoms with E-state index in [4.69, 9.17) is 5.73 Å². The fourth-order valence-corrected chi connectivity index (χ4v) is 3.15. The van der Waals surface area contributed by atoms with Crippen LogP contribution in [0.4, 0.5) is 0 Å². The molecule has 0 aliphatic rings. The molecule has 2 N–H and O–H groups in total. The highest BCUT2D eigenvalue weighted by Gasteiger charge is 2.33. The molecule has 112 valence electrons. The Hall–Kier alpha value is -1.67. The molecule has 2 aromatic rings. The molecule has 0 fully saturated rings. The number of hydrogen-bond acceptors (Lipinski definition) is 2. The predicted octanol–water partition coefficient (Wildman–Crippen LogP) is 4.30. The zero-order valence-corrected chi connectivity index (χ0v) is 13.0. The SMILES string of the molecule is CCCCC(CCCN)(c1ccccc1)c1cccnc1. The number of unbranched alkanes of at least 4 members (excludes halogenated alkanes) is 1. The summed E-state index contributed by atoms with van der Waals surface area (Å²) in [5.74, 6) is 0. The summed E-state index contributed by atoms with van der Waals surface area (Å²) in [7, 11) is 0. The van der Waals surface area contributed by atoms with Crippen LogP contribution < -0.4 is 5.73 Å². The molecule has 2 rings (SSSR count).